The minimum absolute atomic E-state index is 0.0170. The van der Waals surface area contributed by atoms with E-state index >= 15 is 0 Å². The molecule has 3 heteroatoms. The quantitative estimate of drug-likeness (QED) is 0.596. The molecule has 24 heavy (non-hydrogen) atoms. The lowest BCUT2D eigenvalue weighted by atomic mass is 9.85. The van der Waals surface area contributed by atoms with E-state index in [4.69, 9.17) is 0 Å². The van der Waals surface area contributed by atoms with Crippen molar-refractivity contribution in [1.82, 2.24) is 0 Å². The zero-order valence-corrected chi connectivity index (χ0v) is 13.2. The third-order valence-corrected chi connectivity index (χ3v) is 6.84. The highest BCUT2D eigenvalue weighted by Gasteiger charge is 2.73. The number of anilines is 1. The van der Waals surface area contributed by atoms with E-state index in [1.165, 1.54) is 17.7 Å². The van der Waals surface area contributed by atoms with Crippen molar-refractivity contribution in [1.29, 1.82) is 0 Å². The molecule has 0 radical (unpaired) electrons. The second-order valence-electron chi connectivity index (χ2n) is 7.76. The number of carbonyl (C=O) groups is 2. The number of hydrogen-bond donors (Lipinski definition) is 0. The average molecular weight is 315 g/mol. The molecule has 1 saturated heterocycles. The summed E-state index contributed by atoms with van der Waals surface area (Å²) in [6.45, 7) is 0. The van der Waals surface area contributed by atoms with Crippen LogP contribution in [0, 0.1) is 29.1 Å². The lowest BCUT2D eigenvalue weighted by Crippen LogP contribution is -2.34. The normalized spacial score (nSPS) is 34.6. The van der Waals surface area contributed by atoms with E-state index in [1.807, 2.05) is 42.5 Å². The highest BCUT2D eigenvalue weighted by molar-refractivity contribution is 6.23. The van der Waals surface area contributed by atoms with Crippen LogP contribution >= 0.6 is 0 Å². The predicted octanol–water partition coefficient (Wildman–Crippen LogP) is 3.54. The van der Waals surface area contributed by atoms with Gasteiger partial charge >= 0.3 is 0 Å². The van der Waals surface area contributed by atoms with E-state index in [9.17, 15) is 9.59 Å². The molecule has 0 unspecified atom stereocenters. The topological polar surface area (TPSA) is 37.4 Å². The molecule has 3 aliphatic carbocycles. The van der Waals surface area contributed by atoms with Gasteiger partial charge in [-0.1, -0.05) is 42.5 Å². The number of amides is 2. The highest BCUT2D eigenvalue weighted by Crippen LogP contribution is 2.73. The first-order valence-electron chi connectivity index (χ1n) is 8.76. The van der Waals surface area contributed by atoms with E-state index in [-0.39, 0.29) is 40.9 Å². The summed E-state index contributed by atoms with van der Waals surface area (Å²) < 4.78 is 0. The first-order valence-corrected chi connectivity index (χ1v) is 8.76. The lowest BCUT2D eigenvalue weighted by molar-refractivity contribution is -0.123. The SMILES string of the molecule is O=C1[C@@H]2[C@H](C(=O)N1c1ccc3ccccc3c1)[C@H]1C=C[C@@H]2C12CC2. The molecular weight excluding hydrogens is 298 g/mol. The Morgan fingerprint density at radius 3 is 2.08 bits per heavy atom. The van der Waals surface area contributed by atoms with Crippen molar-refractivity contribution in [2.24, 2.45) is 29.1 Å². The van der Waals surface area contributed by atoms with Gasteiger partial charge in [-0.15, -0.1) is 0 Å². The van der Waals surface area contributed by atoms with Crippen LogP contribution in [0.1, 0.15) is 12.8 Å². The van der Waals surface area contributed by atoms with Crippen molar-refractivity contribution in [2.45, 2.75) is 12.8 Å². The Hall–Kier alpha value is -2.42. The molecule has 2 saturated carbocycles. The van der Waals surface area contributed by atoms with Crippen molar-refractivity contribution >= 4 is 28.3 Å². The van der Waals surface area contributed by atoms with E-state index in [1.54, 1.807) is 0 Å². The van der Waals surface area contributed by atoms with Crippen molar-refractivity contribution in [2.75, 3.05) is 4.90 Å². The van der Waals surface area contributed by atoms with Crippen LogP contribution in [-0.2, 0) is 9.59 Å². The summed E-state index contributed by atoms with van der Waals surface area (Å²) in [5, 5.41) is 2.19. The van der Waals surface area contributed by atoms with E-state index in [0.29, 0.717) is 0 Å². The van der Waals surface area contributed by atoms with Gasteiger partial charge in [0.15, 0.2) is 0 Å². The Balaban J connectivity index is 1.45. The maximum Gasteiger partial charge on any atom is 0.238 e. The number of rotatable bonds is 1. The molecule has 4 aliphatic rings. The summed E-state index contributed by atoms with van der Waals surface area (Å²) in [5.41, 5.74) is 0.984. The van der Waals surface area contributed by atoms with Crippen molar-refractivity contribution in [3.63, 3.8) is 0 Å². The average Bonchev–Trinajstić information content (AvgIpc) is 3.20. The molecule has 2 bridgehead atoms. The lowest BCUT2D eigenvalue weighted by Gasteiger charge is -2.22. The summed E-state index contributed by atoms with van der Waals surface area (Å²) in [5.74, 6) is 0.360. The fourth-order valence-electron chi connectivity index (χ4n) is 5.65. The Morgan fingerprint density at radius 2 is 1.46 bits per heavy atom. The van der Waals surface area contributed by atoms with Gasteiger partial charge < -0.3 is 0 Å². The van der Waals surface area contributed by atoms with Gasteiger partial charge in [-0.2, -0.15) is 0 Å². The van der Waals surface area contributed by atoms with E-state index in [0.717, 1.165) is 16.5 Å². The van der Waals surface area contributed by atoms with Crippen LogP contribution in [0.25, 0.3) is 10.8 Å². The summed E-state index contributed by atoms with van der Waals surface area (Å²) in [6, 6.07) is 13.9. The second kappa shape index (κ2) is 3.97. The largest absolute Gasteiger partial charge is 0.274 e. The number of nitrogens with zero attached hydrogens (tertiary/aromatic N) is 1. The van der Waals surface area contributed by atoms with Gasteiger partial charge in [0, 0.05) is 0 Å². The van der Waals surface area contributed by atoms with Crippen molar-refractivity contribution in [3.05, 3.63) is 54.6 Å². The number of imide groups is 1. The maximum absolute atomic E-state index is 13.1. The fraction of sp³-hybridized carbons (Fsp3) is 0.333. The molecule has 1 spiro atoms. The van der Waals surface area contributed by atoms with E-state index in [2.05, 4.69) is 12.2 Å². The zero-order chi connectivity index (χ0) is 16.1. The Kier molecular flexibility index (Phi) is 2.14. The smallest absolute Gasteiger partial charge is 0.238 e. The van der Waals surface area contributed by atoms with Crippen LogP contribution < -0.4 is 4.90 Å². The molecule has 0 aromatic heterocycles. The van der Waals surface area contributed by atoms with Crippen LogP contribution in [0.2, 0.25) is 0 Å². The molecular formula is C21H17NO2. The van der Waals surface area contributed by atoms with Crippen LogP contribution in [0.3, 0.4) is 0 Å². The number of fused-ring (bicyclic) bond motifs is 4. The van der Waals surface area contributed by atoms with Gasteiger partial charge in [-0.25, -0.2) is 4.90 Å². The van der Waals surface area contributed by atoms with Crippen molar-refractivity contribution < 1.29 is 9.59 Å². The van der Waals surface area contributed by atoms with Crippen LogP contribution in [-0.4, -0.2) is 11.8 Å². The molecule has 2 aromatic carbocycles. The summed E-state index contributed by atoms with van der Waals surface area (Å²) in [4.78, 5) is 27.7. The third kappa shape index (κ3) is 1.32. The molecule has 2 aromatic rings. The van der Waals surface area contributed by atoms with Gasteiger partial charge in [-0.3, -0.25) is 9.59 Å². The monoisotopic (exact) mass is 315 g/mol. The van der Waals surface area contributed by atoms with Gasteiger partial charge in [0.1, 0.15) is 0 Å². The highest BCUT2D eigenvalue weighted by atomic mass is 16.2. The minimum atomic E-state index is -0.124. The Bertz CT molecular complexity index is 921. The van der Waals surface area contributed by atoms with Gasteiger partial charge in [0.2, 0.25) is 11.8 Å². The number of benzene rings is 2. The number of carbonyl (C=O) groups excluding carboxylic acids is 2. The van der Waals surface area contributed by atoms with Crippen LogP contribution in [0.5, 0.6) is 0 Å². The number of hydrogen-bond acceptors (Lipinski definition) is 2. The van der Waals surface area contributed by atoms with Crippen LogP contribution in [0.15, 0.2) is 54.6 Å². The Labute approximate surface area is 139 Å². The molecule has 4 atom stereocenters. The van der Waals surface area contributed by atoms with Gasteiger partial charge in [-0.05, 0) is 53.0 Å². The van der Waals surface area contributed by atoms with Gasteiger partial charge in [0.05, 0.1) is 17.5 Å². The standard InChI is InChI=1S/C21H17NO2/c23-19-17-15-7-8-16(21(15)9-10-21)18(17)20(24)22(19)14-6-5-12-3-1-2-4-13(12)11-14/h1-8,11,15-18H,9-10H2/t15-,16+,17-,18+. The molecule has 6 rings (SSSR count). The minimum Gasteiger partial charge on any atom is -0.274 e. The molecule has 2 amide bonds. The van der Waals surface area contributed by atoms with E-state index < -0.39 is 0 Å². The zero-order valence-electron chi connectivity index (χ0n) is 13.2. The first kappa shape index (κ1) is 12.9. The second-order valence-corrected chi connectivity index (χ2v) is 7.76. The predicted molar refractivity (Wildman–Crippen MR) is 91.2 cm³/mol. The fourth-order valence-corrected chi connectivity index (χ4v) is 5.65. The van der Waals surface area contributed by atoms with Gasteiger partial charge in [0.25, 0.3) is 0 Å². The molecule has 118 valence electrons. The number of allylic oxidation sites excluding steroid dienone is 2. The maximum atomic E-state index is 13.1. The molecule has 0 N–H and O–H groups in total. The summed E-state index contributed by atoms with van der Waals surface area (Å²) in [6.07, 6.45) is 6.79. The molecule has 3 nitrogen and oxygen atoms in total. The molecule has 1 aliphatic heterocycles. The third-order valence-electron chi connectivity index (χ3n) is 6.84. The Morgan fingerprint density at radius 1 is 0.833 bits per heavy atom. The summed E-state index contributed by atoms with van der Waals surface area (Å²) in [7, 11) is 0. The summed E-state index contributed by atoms with van der Waals surface area (Å²) >= 11 is 0. The van der Waals surface area contributed by atoms with Crippen molar-refractivity contribution in [3.8, 4) is 0 Å². The molecule has 1 heterocycles. The van der Waals surface area contributed by atoms with Crippen LogP contribution in [0.4, 0.5) is 5.69 Å². The molecule has 3 fully saturated rings. The first-order chi connectivity index (χ1) is 11.7.